The lowest BCUT2D eigenvalue weighted by molar-refractivity contribution is 0.667. The highest BCUT2D eigenvalue weighted by molar-refractivity contribution is 6.15. The zero-order valence-electron chi connectivity index (χ0n) is 28.5. The summed E-state index contributed by atoms with van der Waals surface area (Å²) in [5.41, 5.74) is 14.2. The summed E-state index contributed by atoms with van der Waals surface area (Å²) < 4.78 is 9.14. The second-order valence-electron chi connectivity index (χ2n) is 14.1. The Bertz CT molecular complexity index is 2950. The molecule has 3 aromatic heterocycles. The monoisotopic (exact) mass is 664 g/mol. The van der Waals surface area contributed by atoms with Gasteiger partial charge in [-0.15, -0.1) is 0 Å². The molecular formula is C49H32N2O. The van der Waals surface area contributed by atoms with Crippen LogP contribution in [0.4, 0.5) is 0 Å². The van der Waals surface area contributed by atoms with Gasteiger partial charge in [-0.25, -0.2) is 4.98 Å². The first-order valence-corrected chi connectivity index (χ1v) is 17.9. The largest absolute Gasteiger partial charge is 0.455 e. The van der Waals surface area contributed by atoms with Gasteiger partial charge in [0.1, 0.15) is 17.0 Å². The number of para-hydroxylation sites is 2. The molecule has 11 rings (SSSR count). The maximum Gasteiger partial charge on any atom is 0.143 e. The number of furan rings is 1. The zero-order valence-corrected chi connectivity index (χ0v) is 28.5. The summed E-state index contributed by atoms with van der Waals surface area (Å²) in [6.45, 7) is 2.38. The van der Waals surface area contributed by atoms with E-state index in [0.29, 0.717) is 0 Å². The summed E-state index contributed by atoms with van der Waals surface area (Å²) in [5, 5.41) is 4.69. The normalized spacial score (nSPS) is 15.1. The number of aromatic nitrogens is 2. The van der Waals surface area contributed by atoms with Crippen molar-refractivity contribution in [3.63, 3.8) is 0 Å². The maximum absolute atomic E-state index is 6.78. The molecule has 3 heterocycles. The fourth-order valence-electron chi connectivity index (χ4n) is 8.77. The van der Waals surface area contributed by atoms with Crippen LogP contribution in [-0.2, 0) is 5.41 Å². The third-order valence-corrected chi connectivity index (χ3v) is 11.3. The van der Waals surface area contributed by atoms with Gasteiger partial charge in [0.05, 0.1) is 16.7 Å². The van der Waals surface area contributed by atoms with Crippen LogP contribution >= 0.6 is 0 Å². The Kier molecular flexibility index (Phi) is 6.09. The van der Waals surface area contributed by atoms with Gasteiger partial charge < -0.3 is 4.42 Å². The summed E-state index contributed by atoms with van der Waals surface area (Å²) in [6.07, 6.45) is 0. The molecule has 1 aliphatic carbocycles. The van der Waals surface area contributed by atoms with Crippen LogP contribution < -0.4 is 0 Å². The van der Waals surface area contributed by atoms with E-state index in [-0.39, 0.29) is 5.41 Å². The summed E-state index contributed by atoms with van der Waals surface area (Å²) >= 11 is 0. The molecule has 3 heteroatoms. The molecule has 0 radical (unpaired) electrons. The fraction of sp³-hybridized carbons (Fsp3) is 0.0408. The van der Waals surface area contributed by atoms with Crippen molar-refractivity contribution in [1.29, 1.82) is 0 Å². The van der Waals surface area contributed by atoms with Gasteiger partial charge in [0.25, 0.3) is 0 Å². The molecule has 244 valence electrons. The molecule has 0 aliphatic heterocycles. The second-order valence-corrected chi connectivity index (χ2v) is 14.1. The smallest absolute Gasteiger partial charge is 0.143 e. The van der Waals surface area contributed by atoms with Crippen molar-refractivity contribution in [2.24, 2.45) is 0 Å². The Labute approximate surface area is 301 Å². The first-order chi connectivity index (χ1) is 25.7. The Morgan fingerprint density at radius 1 is 0.500 bits per heavy atom. The molecule has 0 N–H and O–H groups in total. The van der Waals surface area contributed by atoms with Gasteiger partial charge in [-0.2, -0.15) is 0 Å². The van der Waals surface area contributed by atoms with Crippen LogP contribution in [-0.4, -0.2) is 9.55 Å². The number of fused-ring (bicyclic) bond motifs is 10. The van der Waals surface area contributed by atoms with Crippen molar-refractivity contribution in [2.75, 3.05) is 0 Å². The molecular weight excluding hydrogens is 633 g/mol. The third-order valence-electron chi connectivity index (χ3n) is 11.3. The molecule has 3 nitrogen and oxygen atoms in total. The Morgan fingerprint density at radius 2 is 1.17 bits per heavy atom. The van der Waals surface area contributed by atoms with E-state index in [0.717, 1.165) is 61.2 Å². The van der Waals surface area contributed by atoms with Crippen LogP contribution in [0.1, 0.15) is 23.6 Å². The number of rotatable bonds is 4. The summed E-state index contributed by atoms with van der Waals surface area (Å²) in [4.78, 5) is 5.41. The predicted octanol–water partition coefficient (Wildman–Crippen LogP) is 12.7. The van der Waals surface area contributed by atoms with Crippen LogP contribution in [0.5, 0.6) is 0 Å². The van der Waals surface area contributed by atoms with Crippen LogP contribution in [0.2, 0.25) is 0 Å². The first-order valence-electron chi connectivity index (χ1n) is 17.9. The average molecular weight is 665 g/mol. The standard InChI is InChI=1S/C49H32N2O/c1-49(34-19-9-4-10-20-34)40-26-25-37-36-22-12-14-24-45(36)52-48(37)47(40)39-30-44-38(29-41(39)49)35-21-11-13-23-43(35)51(44)46-28-33(31-15-5-2-6-16-31)27-42(50-46)32-17-7-3-8-18-32/h2-30H,1H3. The highest BCUT2D eigenvalue weighted by Crippen LogP contribution is 2.57. The fourth-order valence-corrected chi connectivity index (χ4v) is 8.77. The average Bonchev–Trinajstić information content (AvgIpc) is 3.84. The van der Waals surface area contributed by atoms with Gasteiger partial charge in [-0.05, 0) is 76.7 Å². The molecule has 0 amide bonds. The van der Waals surface area contributed by atoms with Crippen molar-refractivity contribution in [3.8, 4) is 39.3 Å². The van der Waals surface area contributed by atoms with E-state index in [1.54, 1.807) is 0 Å². The molecule has 0 fully saturated rings. The SMILES string of the molecule is CC1(c2ccccc2)c2cc3c4ccccc4n(-c4cc(-c5ccccc5)cc(-c5ccccc5)n4)c3cc2-c2c1ccc1c2oc2ccccc21. The molecule has 52 heavy (non-hydrogen) atoms. The number of benzene rings is 7. The number of pyridine rings is 1. The molecule has 10 aromatic rings. The topological polar surface area (TPSA) is 31.0 Å². The number of nitrogens with zero attached hydrogens (tertiary/aromatic N) is 2. The summed E-state index contributed by atoms with van der Waals surface area (Å²) in [6, 6.07) is 63.0. The van der Waals surface area contributed by atoms with Crippen molar-refractivity contribution in [3.05, 3.63) is 193 Å². The van der Waals surface area contributed by atoms with Gasteiger partial charge in [-0.1, -0.05) is 140 Å². The van der Waals surface area contributed by atoms with E-state index in [1.807, 2.05) is 0 Å². The van der Waals surface area contributed by atoms with Gasteiger partial charge >= 0.3 is 0 Å². The van der Waals surface area contributed by atoms with E-state index in [4.69, 9.17) is 9.40 Å². The Hall–Kier alpha value is -6.71. The Morgan fingerprint density at radius 3 is 1.96 bits per heavy atom. The molecule has 0 spiro atoms. The van der Waals surface area contributed by atoms with Crippen molar-refractivity contribution >= 4 is 43.7 Å². The summed E-state index contributed by atoms with van der Waals surface area (Å²) in [7, 11) is 0. The van der Waals surface area contributed by atoms with Gasteiger partial charge in [0.15, 0.2) is 0 Å². The molecule has 0 saturated carbocycles. The van der Waals surface area contributed by atoms with Crippen molar-refractivity contribution in [1.82, 2.24) is 9.55 Å². The van der Waals surface area contributed by atoms with Crippen LogP contribution in [0, 0.1) is 0 Å². The molecule has 1 unspecified atom stereocenters. The lowest BCUT2D eigenvalue weighted by Gasteiger charge is -2.28. The van der Waals surface area contributed by atoms with E-state index < -0.39 is 0 Å². The minimum atomic E-state index is -0.386. The highest BCUT2D eigenvalue weighted by Gasteiger charge is 2.43. The minimum Gasteiger partial charge on any atom is -0.455 e. The molecule has 7 aromatic carbocycles. The van der Waals surface area contributed by atoms with Crippen LogP contribution in [0.15, 0.2) is 180 Å². The number of hydrogen-bond acceptors (Lipinski definition) is 2. The Balaban J connectivity index is 1.26. The quantitative estimate of drug-likeness (QED) is 0.187. The van der Waals surface area contributed by atoms with E-state index in [2.05, 4.69) is 187 Å². The maximum atomic E-state index is 6.78. The lowest BCUT2D eigenvalue weighted by Crippen LogP contribution is -2.22. The third kappa shape index (κ3) is 4.05. The summed E-state index contributed by atoms with van der Waals surface area (Å²) in [5.74, 6) is 0.886. The van der Waals surface area contributed by atoms with Crippen molar-refractivity contribution in [2.45, 2.75) is 12.3 Å². The minimum absolute atomic E-state index is 0.386. The van der Waals surface area contributed by atoms with Gasteiger partial charge in [0.2, 0.25) is 0 Å². The molecule has 0 bridgehead atoms. The first kappa shape index (κ1) is 29.1. The van der Waals surface area contributed by atoms with Crippen LogP contribution in [0.25, 0.3) is 83.1 Å². The predicted molar refractivity (Wildman–Crippen MR) is 214 cm³/mol. The highest BCUT2D eigenvalue weighted by atomic mass is 16.3. The van der Waals surface area contributed by atoms with Crippen molar-refractivity contribution < 1.29 is 4.42 Å². The van der Waals surface area contributed by atoms with Crippen LogP contribution in [0.3, 0.4) is 0 Å². The van der Waals surface area contributed by atoms with E-state index >= 15 is 0 Å². The van der Waals surface area contributed by atoms with Gasteiger partial charge in [0, 0.05) is 38.1 Å². The van der Waals surface area contributed by atoms with Gasteiger partial charge in [-0.3, -0.25) is 4.57 Å². The second kappa shape index (κ2) is 10.9. The van der Waals surface area contributed by atoms with E-state index in [1.165, 1.54) is 38.6 Å². The van der Waals surface area contributed by atoms with E-state index in [9.17, 15) is 0 Å². The molecule has 1 atom stereocenters. The molecule has 1 aliphatic rings. The zero-order chi connectivity index (χ0) is 34.4. The molecule has 0 saturated heterocycles. The number of hydrogen-bond donors (Lipinski definition) is 0. The lowest BCUT2D eigenvalue weighted by atomic mass is 9.74.